The summed E-state index contributed by atoms with van der Waals surface area (Å²) in [6, 6.07) is 3.94. The zero-order chi connectivity index (χ0) is 19.4. The van der Waals surface area contributed by atoms with E-state index < -0.39 is 0 Å². The lowest BCUT2D eigenvalue weighted by Crippen LogP contribution is -2.41. The van der Waals surface area contributed by atoms with Gasteiger partial charge in [-0.3, -0.25) is 4.99 Å². The van der Waals surface area contributed by atoms with Crippen LogP contribution in [-0.2, 0) is 11.2 Å². The molecule has 27 heavy (non-hydrogen) atoms. The summed E-state index contributed by atoms with van der Waals surface area (Å²) in [5, 5.41) is 6.94. The minimum atomic E-state index is 0.324. The summed E-state index contributed by atoms with van der Waals surface area (Å²) in [6.45, 7) is 7.26. The Bertz CT molecular complexity index is 522. The minimum absolute atomic E-state index is 0.324. The van der Waals surface area contributed by atoms with Crippen molar-refractivity contribution in [1.29, 1.82) is 0 Å². The molecule has 154 valence electrons. The Balaban J connectivity index is 1.88. The van der Waals surface area contributed by atoms with Crippen molar-refractivity contribution >= 4 is 5.96 Å². The number of hydrogen-bond donors (Lipinski definition) is 2. The minimum Gasteiger partial charge on any atom is -0.469 e. The Labute approximate surface area is 164 Å². The largest absolute Gasteiger partial charge is 0.469 e. The van der Waals surface area contributed by atoms with E-state index in [9.17, 15) is 0 Å². The van der Waals surface area contributed by atoms with Crippen molar-refractivity contribution in [3.05, 3.63) is 24.2 Å². The van der Waals surface area contributed by atoms with Crippen LogP contribution in [0.2, 0.25) is 0 Å². The number of aliphatic imine (C=N–C) groups is 1. The maximum atomic E-state index is 5.43. The van der Waals surface area contributed by atoms with Gasteiger partial charge in [0, 0.05) is 51.2 Å². The van der Waals surface area contributed by atoms with E-state index >= 15 is 0 Å². The lowest BCUT2D eigenvalue weighted by molar-refractivity contribution is 0.145. The number of nitrogens with one attached hydrogen (secondary N) is 2. The molecule has 0 saturated heterocycles. The lowest BCUT2D eigenvalue weighted by Gasteiger charge is -2.30. The predicted molar refractivity (Wildman–Crippen MR) is 111 cm³/mol. The molecule has 0 amide bonds. The van der Waals surface area contributed by atoms with E-state index in [0.717, 1.165) is 64.0 Å². The molecule has 1 aliphatic carbocycles. The SMILES string of the molecule is CCOCCCNC(=NCC1(CN(C)C)CCCC1)NCCc1ccco1. The van der Waals surface area contributed by atoms with E-state index in [4.69, 9.17) is 14.1 Å². The van der Waals surface area contributed by atoms with Crippen LogP contribution in [0.25, 0.3) is 0 Å². The van der Waals surface area contributed by atoms with Crippen molar-refractivity contribution in [3.8, 4) is 0 Å². The Hall–Kier alpha value is -1.53. The summed E-state index contributed by atoms with van der Waals surface area (Å²) in [4.78, 5) is 7.27. The molecule has 0 spiro atoms. The van der Waals surface area contributed by atoms with E-state index in [-0.39, 0.29) is 0 Å². The molecule has 0 aliphatic heterocycles. The van der Waals surface area contributed by atoms with Crippen LogP contribution in [-0.4, -0.2) is 64.3 Å². The third-order valence-corrected chi connectivity index (χ3v) is 5.09. The van der Waals surface area contributed by atoms with Crippen LogP contribution in [0.5, 0.6) is 0 Å². The predicted octanol–water partition coefficient (Wildman–Crippen LogP) is 2.91. The first kappa shape index (κ1) is 21.8. The van der Waals surface area contributed by atoms with Crippen LogP contribution in [0.15, 0.2) is 27.8 Å². The monoisotopic (exact) mass is 378 g/mol. The summed E-state index contributed by atoms with van der Waals surface area (Å²) in [6.07, 6.45) is 8.77. The molecule has 0 bridgehead atoms. The van der Waals surface area contributed by atoms with Gasteiger partial charge in [0.15, 0.2) is 5.96 Å². The van der Waals surface area contributed by atoms with Gasteiger partial charge < -0.3 is 24.7 Å². The standard InChI is InChI=1S/C21H38N4O2/c1-4-26-15-8-13-22-20(23-14-10-19-9-7-16-27-19)24-17-21(18-25(2)3)11-5-6-12-21/h7,9,16H,4-6,8,10-15,17-18H2,1-3H3,(H2,22,23,24). The molecule has 6 heteroatoms. The first-order valence-corrected chi connectivity index (χ1v) is 10.4. The molecule has 1 aromatic rings. The fraction of sp³-hybridized carbons (Fsp3) is 0.762. The summed E-state index contributed by atoms with van der Waals surface area (Å²) in [5.74, 6) is 1.90. The average Bonchev–Trinajstić information content (AvgIpc) is 3.31. The maximum absolute atomic E-state index is 5.43. The van der Waals surface area contributed by atoms with E-state index in [2.05, 4.69) is 29.6 Å². The van der Waals surface area contributed by atoms with E-state index in [0.29, 0.717) is 5.41 Å². The van der Waals surface area contributed by atoms with Crippen molar-refractivity contribution in [3.63, 3.8) is 0 Å². The highest BCUT2D eigenvalue weighted by atomic mass is 16.5. The molecular weight excluding hydrogens is 340 g/mol. The molecule has 6 nitrogen and oxygen atoms in total. The van der Waals surface area contributed by atoms with E-state index in [1.54, 1.807) is 6.26 Å². The molecular formula is C21H38N4O2. The van der Waals surface area contributed by atoms with E-state index in [1.165, 1.54) is 25.7 Å². The molecule has 0 atom stereocenters. The molecule has 0 unspecified atom stereocenters. The van der Waals surface area contributed by atoms with E-state index in [1.807, 2.05) is 19.1 Å². The van der Waals surface area contributed by atoms with Gasteiger partial charge in [-0.15, -0.1) is 0 Å². The van der Waals surface area contributed by atoms with Crippen LogP contribution in [0, 0.1) is 5.41 Å². The van der Waals surface area contributed by atoms with Gasteiger partial charge in [0.2, 0.25) is 0 Å². The van der Waals surface area contributed by atoms with Gasteiger partial charge in [-0.25, -0.2) is 0 Å². The van der Waals surface area contributed by atoms with Crippen LogP contribution < -0.4 is 10.6 Å². The Morgan fingerprint density at radius 1 is 1.26 bits per heavy atom. The molecule has 0 aromatic carbocycles. The second-order valence-electron chi connectivity index (χ2n) is 7.84. The Morgan fingerprint density at radius 3 is 2.70 bits per heavy atom. The van der Waals surface area contributed by atoms with Gasteiger partial charge in [0.1, 0.15) is 5.76 Å². The molecule has 1 heterocycles. The summed E-state index contributed by atoms with van der Waals surface area (Å²) in [7, 11) is 4.33. The zero-order valence-corrected chi connectivity index (χ0v) is 17.4. The third-order valence-electron chi connectivity index (χ3n) is 5.09. The smallest absolute Gasteiger partial charge is 0.191 e. The molecule has 0 radical (unpaired) electrons. The molecule has 2 rings (SSSR count). The maximum Gasteiger partial charge on any atom is 0.191 e. The first-order valence-electron chi connectivity index (χ1n) is 10.4. The van der Waals surface area contributed by atoms with Crippen molar-refractivity contribution in [2.75, 3.05) is 53.5 Å². The van der Waals surface area contributed by atoms with Crippen LogP contribution >= 0.6 is 0 Å². The normalized spacial score (nSPS) is 16.8. The molecule has 2 N–H and O–H groups in total. The average molecular weight is 379 g/mol. The molecule has 1 fully saturated rings. The number of nitrogens with zero attached hydrogens (tertiary/aromatic N) is 2. The van der Waals surface area contributed by atoms with Crippen LogP contribution in [0.3, 0.4) is 0 Å². The van der Waals surface area contributed by atoms with Gasteiger partial charge in [-0.2, -0.15) is 0 Å². The summed E-state index contributed by atoms with van der Waals surface area (Å²) < 4.78 is 10.8. The Morgan fingerprint density at radius 2 is 2.04 bits per heavy atom. The topological polar surface area (TPSA) is 62.0 Å². The highest BCUT2D eigenvalue weighted by molar-refractivity contribution is 5.79. The summed E-state index contributed by atoms with van der Waals surface area (Å²) in [5.41, 5.74) is 0.324. The number of guanidine groups is 1. The highest BCUT2D eigenvalue weighted by Crippen LogP contribution is 2.38. The summed E-state index contributed by atoms with van der Waals surface area (Å²) >= 11 is 0. The number of rotatable bonds is 12. The number of ether oxygens (including phenoxy) is 1. The molecule has 1 aromatic heterocycles. The van der Waals surface area contributed by atoms with Gasteiger partial charge in [-0.1, -0.05) is 12.8 Å². The van der Waals surface area contributed by atoms with Gasteiger partial charge in [0.25, 0.3) is 0 Å². The Kier molecular flexibility index (Phi) is 9.70. The number of hydrogen-bond acceptors (Lipinski definition) is 4. The lowest BCUT2D eigenvalue weighted by atomic mass is 9.86. The van der Waals surface area contributed by atoms with Gasteiger partial charge in [-0.05, 0) is 52.4 Å². The first-order chi connectivity index (χ1) is 13.1. The van der Waals surface area contributed by atoms with Crippen molar-refractivity contribution in [1.82, 2.24) is 15.5 Å². The quantitative estimate of drug-likeness (QED) is 0.333. The van der Waals surface area contributed by atoms with Crippen LogP contribution in [0.4, 0.5) is 0 Å². The fourth-order valence-electron chi connectivity index (χ4n) is 3.87. The van der Waals surface area contributed by atoms with Gasteiger partial charge in [0.05, 0.1) is 6.26 Å². The van der Waals surface area contributed by atoms with Gasteiger partial charge >= 0.3 is 0 Å². The van der Waals surface area contributed by atoms with Crippen molar-refractivity contribution < 1.29 is 9.15 Å². The molecule has 1 saturated carbocycles. The fourth-order valence-corrected chi connectivity index (χ4v) is 3.87. The second kappa shape index (κ2) is 12.0. The van der Waals surface area contributed by atoms with Crippen molar-refractivity contribution in [2.24, 2.45) is 10.4 Å². The zero-order valence-electron chi connectivity index (χ0n) is 17.4. The van der Waals surface area contributed by atoms with Crippen LogP contribution in [0.1, 0.15) is 44.8 Å². The third kappa shape index (κ3) is 8.35. The second-order valence-corrected chi connectivity index (χ2v) is 7.84. The molecule has 1 aliphatic rings. The van der Waals surface area contributed by atoms with Crippen molar-refractivity contribution in [2.45, 2.75) is 45.4 Å². The number of furan rings is 1. The highest BCUT2D eigenvalue weighted by Gasteiger charge is 2.34.